The van der Waals surface area contributed by atoms with Crippen molar-refractivity contribution in [3.63, 3.8) is 0 Å². The molecule has 1 unspecified atom stereocenters. The molecule has 1 aliphatic heterocycles. The lowest BCUT2D eigenvalue weighted by atomic mass is 9.98. The maximum atomic E-state index is 13.8. The Labute approximate surface area is 161 Å². The van der Waals surface area contributed by atoms with Crippen molar-refractivity contribution in [3.8, 4) is 0 Å². The highest BCUT2D eigenvalue weighted by Crippen LogP contribution is 2.29. The number of carbonyl (C=O) groups excluding carboxylic acids is 2. The van der Waals surface area contributed by atoms with Gasteiger partial charge >= 0.3 is 5.97 Å². The molecule has 6 heteroatoms. The van der Waals surface area contributed by atoms with E-state index in [-0.39, 0.29) is 17.5 Å². The second-order valence-corrected chi connectivity index (χ2v) is 7.47. The largest absolute Gasteiger partial charge is 0.465 e. The van der Waals surface area contributed by atoms with Crippen LogP contribution in [-0.4, -0.2) is 49.1 Å². The third-order valence-corrected chi connectivity index (χ3v) is 5.82. The average molecular weight is 379 g/mol. The first-order valence-electron chi connectivity index (χ1n) is 9.93. The zero-order valence-electron chi connectivity index (χ0n) is 16.9. The quantitative estimate of drug-likeness (QED) is 0.574. The zero-order valence-corrected chi connectivity index (χ0v) is 16.9. The molecule has 0 saturated carbocycles. The zero-order chi connectivity index (χ0) is 20.0. The minimum atomic E-state index is -0.655. The van der Waals surface area contributed by atoms with Gasteiger partial charge in [0.05, 0.1) is 38.0 Å². The summed E-state index contributed by atoms with van der Waals surface area (Å²) in [6, 6.07) is 2.27. The van der Waals surface area contributed by atoms with Crippen molar-refractivity contribution in [2.24, 2.45) is 0 Å². The molecule has 1 atom stereocenters. The van der Waals surface area contributed by atoms with Crippen LogP contribution in [0.4, 0.5) is 10.1 Å². The molecule has 1 aliphatic rings. The second kappa shape index (κ2) is 9.31. The molecule has 1 aromatic rings. The molecule has 0 aliphatic carbocycles. The summed E-state index contributed by atoms with van der Waals surface area (Å²) in [6.45, 7) is 8.82. The highest BCUT2D eigenvalue weighted by atomic mass is 19.1. The van der Waals surface area contributed by atoms with E-state index in [9.17, 15) is 14.0 Å². The number of anilines is 1. The number of likely N-dealkylation sites (N-methyl/N-ethyl adjacent to an activating group) is 1. The van der Waals surface area contributed by atoms with Crippen LogP contribution in [0.3, 0.4) is 0 Å². The topological polar surface area (TPSA) is 55.4 Å². The van der Waals surface area contributed by atoms with Gasteiger partial charge in [-0.3, -0.25) is 4.79 Å². The minimum absolute atomic E-state index is 0.0558. The fourth-order valence-electron chi connectivity index (χ4n) is 4.30. The maximum absolute atomic E-state index is 13.8. The fourth-order valence-corrected chi connectivity index (χ4v) is 4.30. The smallest absolute Gasteiger partial charge is 0.340 e. The normalized spacial score (nSPS) is 17.2. The third kappa shape index (κ3) is 4.67. The van der Waals surface area contributed by atoms with E-state index in [1.165, 1.54) is 19.6 Å². The third-order valence-electron chi connectivity index (χ3n) is 5.82. The van der Waals surface area contributed by atoms with Crippen LogP contribution in [-0.2, 0) is 9.53 Å². The fraction of sp³-hybridized carbons (Fsp3) is 0.619. The average Bonchev–Trinajstić information content (AvgIpc) is 2.67. The molecular formula is C21H32FN2O3+. The van der Waals surface area contributed by atoms with Gasteiger partial charge in [-0.25, -0.2) is 9.18 Å². The van der Waals surface area contributed by atoms with Crippen molar-refractivity contribution >= 4 is 17.6 Å². The van der Waals surface area contributed by atoms with Crippen molar-refractivity contribution in [1.29, 1.82) is 0 Å². The summed E-state index contributed by atoms with van der Waals surface area (Å²) >= 11 is 0. The number of quaternary nitrogens is 1. The van der Waals surface area contributed by atoms with Gasteiger partial charge in [-0.1, -0.05) is 6.92 Å². The molecule has 1 heterocycles. The van der Waals surface area contributed by atoms with Crippen LogP contribution in [0.1, 0.15) is 61.9 Å². The van der Waals surface area contributed by atoms with Crippen LogP contribution in [0.5, 0.6) is 0 Å². The van der Waals surface area contributed by atoms with Gasteiger partial charge in [0, 0.05) is 6.42 Å². The van der Waals surface area contributed by atoms with Crippen LogP contribution in [0, 0.1) is 12.7 Å². The number of piperidine rings is 1. The first-order chi connectivity index (χ1) is 12.9. The Morgan fingerprint density at radius 1 is 1.22 bits per heavy atom. The lowest BCUT2D eigenvalue weighted by molar-refractivity contribution is -0.945. The summed E-state index contributed by atoms with van der Waals surface area (Å²) in [5, 5.41) is 2.94. The molecular weight excluding hydrogens is 347 g/mol. The van der Waals surface area contributed by atoms with E-state index in [0.717, 1.165) is 55.9 Å². The van der Waals surface area contributed by atoms with Crippen LogP contribution >= 0.6 is 0 Å². The van der Waals surface area contributed by atoms with Crippen LogP contribution in [0.15, 0.2) is 12.1 Å². The van der Waals surface area contributed by atoms with Crippen molar-refractivity contribution in [2.45, 2.75) is 58.9 Å². The van der Waals surface area contributed by atoms with Gasteiger partial charge in [0.15, 0.2) is 6.04 Å². The summed E-state index contributed by atoms with van der Waals surface area (Å²) in [5.41, 5.74) is 0.918. The number of hydrogen-bond acceptors (Lipinski definition) is 3. The van der Waals surface area contributed by atoms with E-state index in [2.05, 4.69) is 19.2 Å². The molecule has 5 nitrogen and oxygen atoms in total. The van der Waals surface area contributed by atoms with E-state index in [0.29, 0.717) is 11.3 Å². The number of benzene rings is 1. The summed E-state index contributed by atoms with van der Waals surface area (Å²) in [7, 11) is 1.25. The number of ether oxygens (including phenoxy) is 1. The van der Waals surface area contributed by atoms with Gasteiger partial charge < -0.3 is 14.5 Å². The summed E-state index contributed by atoms with van der Waals surface area (Å²) < 4.78 is 19.4. The molecule has 1 aromatic carbocycles. The number of rotatable bonds is 7. The molecule has 1 amide bonds. The molecule has 0 spiro atoms. The molecule has 27 heavy (non-hydrogen) atoms. The van der Waals surface area contributed by atoms with E-state index in [1.807, 2.05) is 0 Å². The number of methoxy groups -OCH3 is 1. The standard InChI is InChI=1S/C21H31FN2O3/c1-5-10-18(24(6-2)11-8-7-9-12-24)20(25)23-19-15(3)13-16(22)14-17(19)21(26)27-4/h13-14,18H,5-12H2,1-4H3/p+1. The molecule has 1 N–H and O–H groups in total. The second-order valence-electron chi connectivity index (χ2n) is 7.47. The number of nitrogens with zero attached hydrogens (tertiary/aromatic N) is 1. The molecule has 1 saturated heterocycles. The monoisotopic (exact) mass is 379 g/mol. The minimum Gasteiger partial charge on any atom is -0.465 e. The number of halogens is 1. The van der Waals surface area contributed by atoms with Gasteiger partial charge in [-0.05, 0) is 57.2 Å². The maximum Gasteiger partial charge on any atom is 0.340 e. The van der Waals surface area contributed by atoms with Crippen molar-refractivity contribution in [2.75, 3.05) is 32.1 Å². The van der Waals surface area contributed by atoms with Gasteiger partial charge in [0.2, 0.25) is 0 Å². The highest BCUT2D eigenvalue weighted by Gasteiger charge is 2.41. The van der Waals surface area contributed by atoms with Crippen molar-refractivity contribution in [3.05, 3.63) is 29.1 Å². The van der Waals surface area contributed by atoms with Gasteiger partial charge in [-0.15, -0.1) is 0 Å². The van der Waals surface area contributed by atoms with Crippen molar-refractivity contribution in [1.82, 2.24) is 0 Å². The Morgan fingerprint density at radius 2 is 1.89 bits per heavy atom. The van der Waals surface area contributed by atoms with E-state index in [1.54, 1.807) is 6.92 Å². The predicted molar refractivity (Wildman–Crippen MR) is 104 cm³/mol. The molecule has 1 fully saturated rings. The molecule has 0 bridgehead atoms. The predicted octanol–water partition coefficient (Wildman–Crippen LogP) is 4.05. The molecule has 0 radical (unpaired) electrons. The number of likely N-dealkylation sites (tertiary alicyclic amines) is 1. The number of aryl methyl sites for hydroxylation is 1. The van der Waals surface area contributed by atoms with Crippen LogP contribution < -0.4 is 5.32 Å². The van der Waals surface area contributed by atoms with Gasteiger partial charge in [0.1, 0.15) is 5.82 Å². The lowest BCUT2D eigenvalue weighted by Gasteiger charge is -2.46. The Kier molecular flexibility index (Phi) is 7.36. The lowest BCUT2D eigenvalue weighted by Crippen LogP contribution is -2.62. The summed E-state index contributed by atoms with van der Waals surface area (Å²) in [4.78, 5) is 25.4. The Balaban J connectivity index is 2.37. The first kappa shape index (κ1) is 21.4. The SMILES string of the molecule is CCCC(C(=O)Nc1c(C)cc(F)cc1C(=O)OC)[N+]1(CC)CCCCC1. The molecule has 150 valence electrons. The molecule has 2 rings (SSSR count). The van der Waals surface area contributed by atoms with E-state index >= 15 is 0 Å². The van der Waals surface area contributed by atoms with Crippen LogP contribution in [0.2, 0.25) is 0 Å². The highest BCUT2D eigenvalue weighted by molar-refractivity contribution is 6.03. The number of nitrogens with one attached hydrogen (secondary N) is 1. The first-order valence-corrected chi connectivity index (χ1v) is 9.93. The summed E-state index contributed by atoms with van der Waals surface area (Å²) in [6.07, 6.45) is 5.16. The Bertz CT molecular complexity index is 684. The van der Waals surface area contributed by atoms with E-state index in [4.69, 9.17) is 4.74 Å². The Hall–Kier alpha value is -1.95. The van der Waals surface area contributed by atoms with E-state index < -0.39 is 11.8 Å². The van der Waals surface area contributed by atoms with Crippen molar-refractivity contribution < 1.29 is 23.2 Å². The summed E-state index contributed by atoms with van der Waals surface area (Å²) in [5.74, 6) is -1.28. The number of carbonyl (C=O) groups is 2. The van der Waals surface area contributed by atoms with Gasteiger partial charge in [-0.2, -0.15) is 0 Å². The van der Waals surface area contributed by atoms with Gasteiger partial charge in [0.25, 0.3) is 5.91 Å². The molecule has 0 aromatic heterocycles. The Morgan fingerprint density at radius 3 is 2.44 bits per heavy atom. The number of hydrogen-bond donors (Lipinski definition) is 1. The number of amides is 1. The number of esters is 1. The van der Waals surface area contributed by atoms with Crippen LogP contribution in [0.25, 0.3) is 0 Å².